The molecular weight excluding hydrogens is 446 g/mol. The molecule has 0 aliphatic heterocycles. The first-order chi connectivity index (χ1) is 16.0. The Bertz CT molecular complexity index is 847. The summed E-state index contributed by atoms with van der Waals surface area (Å²) in [5, 5.41) is 18.7. The fourth-order valence-corrected chi connectivity index (χ4v) is 2.75. The van der Waals surface area contributed by atoms with Gasteiger partial charge in [0.05, 0.1) is 26.3 Å². The molecule has 0 heterocycles. The monoisotopic (exact) mass is 479 g/mol. The van der Waals surface area contributed by atoms with Crippen LogP contribution in [0.25, 0.3) is 0 Å². The van der Waals surface area contributed by atoms with Crippen LogP contribution in [-0.4, -0.2) is 72.5 Å². The summed E-state index contributed by atoms with van der Waals surface area (Å²) in [6, 6.07) is 5.99. The molecule has 0 unspecified atom stereocenters. The van der Waals surface area contributed by atoms with Gasteiger partial charge < -0.3 is 36.8 Å². The number of nitrogens with two attached hydrogens (primary N) is 1. The lowest BCUT2D eigenvalue weighted by Crippen LogP contribution is -2.55. The molecule has 0 aromatic heterocycles. The van der Waals surface area contributed by atoms with E-state index in [0.717, 1.165) is 5.56 Å². The third-order valence-electron chi connectivity index (χ3n) is 4.66. The molecule has 0 aliphatic rings. The summed E-state index contributed by atoms with van der Waals surface area (Å²) in [4.78, 5) is 59.7. The van der Waals surface area contributed by atoms with Crippen LogP contribution in [0.1, 0.15) is 26.3 Å². The van der Waals surface area contributed by atoms with E-state index in [1.807, 2.05) is 30.3 Å². The molecule has 0 saturated carbocycles. The van der Waals surface area contributed by atoms with Crippen molar-refractivity contribution in [2.75, 3.05) is 19.7 Å². The summed E-state index contributed by atoms with van der Waals surface area (Å²) in [7, 11) is 0. The Morgan fingerprint density at radius 1 is 0.941 bits per heavy atom. The zero-order valence-corrected chi connectivity index (χ0v) is 19.5. The number of carboxylic acids is 1. The van der Waals surface area contributed by atoms with E-state index in [-0.39, 0.29) is 25.7 Å². The number of carbonyl (C=O) groups is 5. The molecule has 12 heteroatoms. The normalized spacial score (nSPS) is 13.3. The molecule has 0 aliphatic carbocycles. The van der Waals surface area contributed by atoms with E-state index in [1.54, 1.807) is 13.8 Å². The number of amides is 4. The van der Waals surface area contributed by atoms with Crippen molar-refractivity contribution in [3.63, 3.8) is 0 Å². The van der Waals surface area contributed by atoms with Gasteiger partial charge in [-0.3, -0.25) is 19.2 Å². The van der Waals surface area contributed by atoms with Crippen LogP contribution in [0.5, 0.6) is 0 Å². The average molecular weight is 480 g/mol. The highest BCUT2D eigenvalue weighted by molar-refractivity contribution is 5.93. The number of nitrogens with one attached hydrogen (secondary N) is 4. The molecule has 1 aromatic rings. The van der Waals surface area contributed by atoms with Gasteiger partial charge in [0.25, 0.3) is 0 Å². The fourth-order valence-electron chi connectivity index (χ4n) is 2.75. The van der Waals surface area contributed by atoms with Crippen molar-refractivity contribution in [1.82, 2.24) is 21.3 Å². The van der Waals surface area contributed by atoms with Gasteiger partial charge in [-0.2, -0.15) is 0 Å². The number of hydrogen-bond donors (Lipinski definition) is 6. The van der Waals surface area contributed by atoms with Gasteiger partial charge in [-0.25, -0.2) is 4.79 Å². The summed E-state index contributed by atoms with van der Waals surface area (Å²) in [6.07, 6.45) is 0. The zero-order chi connectivity index (χ0) is 25.7. The maximum atomic E-state index is 12.5. The molecule has 12 nitrogen and oxygen atoms in total. The highest BCUT2D eigenvalue weighted by Gasteiger charge is 2.27. The van der Waals surface area contributed by atoms with Gasteiger partial charge in [0.2, 0.25) is 23.6 Å². The zero-order valence-electron chi connectivity index (χ0n) is 19.5. The van der Waals surface area contributed by atoms with Crippen molar-refractivity contribution >= 4 is 29.6 Å². The SMILES string of the molecule is CC(C)[C@H](NC(=O)[C@H](C)NC(=O)CNC(=O)[C@H](COCc1ccccc1)NC(=O)CN)C(=O)O. The predicted octanol–water partition coefficient (Wildman–Crippen LogP) is -1.51. The van der Waals surface area contributed by atoms with Crippen molar-refractivity contribution in [1.29, 1.82) is 0 Å². The van der Waals surface area contributed by atoms with Gasteiger partial charge in [-0.1, -0.05) is 44.2 Å². The van der Waals surface area contributed by atoms with Crippen LogP contribution < -0.4 is 27.0 Å². The lowest BCUT2D eigenvalue weighted by atomic mass is 10.0. The van der Waals surface area contributed by atoms with Crippen molar-refractivity contribution in [3.05, 3.63) is 35.9 Å². The molecule has 0 fully saturated rings. The largest absolute Gasteiger partial charge is 0.480 e. The van der Waals surface area contributed by atoms with E-state index in [0.29, 0.717) is 0 Å². The number of aliphatic carboxylic acids is 1. The van der Waals surface area contributed by atoms with E-state index in [4.69, 9.17) is 15.6 Å². The lowest BCUT2D eigenvalue weighted by molar-refractivity contribution is -0.143. The van der Waals surface area contributed by atoms with Gasteiger partial charge >= 0.3 is 5.97 Å². The maximum Gasteiger partial charge on any atom is 0.326 e. The second-order valence-electron chi connectivity index (χ2n) is 7.90. The Balaban J connectivity index is 2.57. The first-order valence-electron chi connectivity index (χ1n) is 10.8. The third kappa shape index (κ3) is 10.4. The molecule has 0 radical (unpaired) electrons. The summed E-state index contributed by atoms with van der Waals surface area (Å²) < 4.78 is 5.51. The van der Waals surface area contributed by atoms with E-state index in [1.165, 1.54) is 6.92 Å². The standard InChI is InChI=1S/C22H33N5O7/c1-13(2)19(22(32)33)27-20(30)14(3)25-18(29)10-24-21(31)16(26-17(28)9-23)12-34-11-15-7-5-4-6-8-15/h4-8,13-14,16,19H,9-12,23H2,1-3H3,(H,24,31)(H,25,29)(H,26,28)(H,27,30)(H,32,33)/t14-,16-,19-/m0/s1. The van der Waals surface area contributed by atoms with Gasteiger partial charge in [-0.05, 0) is 18.4 Å². The molecule has 0 spiro atoms. The van der Waals surface area contributed by atoms with Crippen LogP contribution in [0.3, 0.4) is 0 Å². The summed E-state index contributed by atoms with van der Waals surface area (Å²) in [6.45, 7) is 3.92. The molecule has 34 heavy (non-hydrogen) atoms. The molecule has 0 saturated heterocycles. The number of rotatable bonds is 14. The highest BCUT2D eigenvalue weighted by atomic mass is 16.5. The van der Waals surface area contributed by atoms with Gasteiger partial charge in [0, 0.05) is 0 Å². The minimum Gasteiger partial charge on any atom is -0.480 e. The first kappa shape index (κ1) is 28.5. The van der Waals surface area contributed by atoms with Crippen LogP contribution >= 0.6 is 0 Å². The van der Waals surface area contributed by atoms with Crippen LogP contribution in [0, 0.1) is 5.92 Å². The lowest BCUT2D eigenvalue weighted by Gasteiger charge is -2.21. The van der Waals surface area contributed by atoms with Gasteiger partial charge in [0.15, 0.2) is 0 Å². The van der Waals surface area contributed by atoms with Crippen LogP contribution in [0.2, 0.25) is 0 Å². The highest BCUT2D eigenvalue weighted by Crippen LogP contribution is 2.03. The quantitative estimate of drug-likeness (QED) is 0.186. The minimum atomic E-state index is -1.19. The molecule has 3 atom stereocenters. The van der Waals surface area contributed by atoms with Crippen LogP contribution in [0.4, 0.5) is 0 Å². The summed E-state index contributed by atoms with van der Waals surface area (Å²) >= 11 is 0. The third-order valence-corrected chi connectivity index (χ3v) is 4.66. The van der Waals surface area contributed by atoms with Crippen molar-refractivity contribution < 1.29 is 33.8 Å². The molecule has 188 valence electrons. The Hall–Kier alpha value is -3.51. The first-order valence-corrected chi connectivity index (χ1v) is 10.8. The van der Waals surface area contributed by atoms with Crippen LogP contribution in [0.15, 0.2) is 30.3 Å². The number of benzene rings is 1. The summed E-state index contributed by atoms with van der Waals surface area (Å²) in [5.74, 6) is -4.14. The average Bonchev–Trinajstić information content (AvgIpc) is 2.80. The van der Waals surface area contributed by atoms with Gasteiger partial charge in [-0.15, -0.1) is 0 Å². The molecule has 0 bridgehead atoms. The second-order valence-corrected chi connectivity index (χ2v) is 7.90. The second kappa shape index (κ2) is 14.6. The molecule has 1 aromatic carbocycles. The Labute approximate surface area is 198 Å². The minimum absolute atomic E-state index is 0.154. The number of hydrogen-bond acceptors (Lipinski definition) is 7. The molecular formula is C22H33N5O7. The summed E-state index contributed by atoms with van der Waals surface area (Å²) in [5.41, 5.74) is 6.17. The van der Waals surface area contributed by atoms with Crippen LogP contribution in [-0.2, 0) is 35.3 Å². The fraction of sp³-hybridized carbons (Fsp3) is 0.500. The Morgan fingerprint density at radius 2 is 1.59 bits per heavy atom. The van der Waals surface area contributed by atoms with E-state index in [2.05, 4.69) is 21.3 Å². The molecule has 7 N–H and O–H groups in total. The maximum absolute atomic E-state index is 12.5. The van der Waals surface area contributed by atoms with E-state index < -0.39 is 54.3 Å². The Kier molecular flexibility index (Phi) is 12.2. The smallest absolute Gasteiger partial charge is 0.326 e. The molecule has 1 rings (SSSR count). The van der Waals surface area contributed by atoms with E-state index >= 15 is 0 Å². The van der Waals surface area contributed by atoms with Gasteiger partial charge in [0.1, 0.15) is 18.1 Å². The van der Waals surface area contributed by atoms with Crippen molar-refractivity contribution in [2.24, 2.45) is 11.7 Å². The topological polar surface area (TPSA) is 189 Å². The number of carbonyl (C=O) groups excluding carboxylic acids is 4. The van der Waals surface area contributed by atoms with E-state index in [9.17, 15) is 24.0 Å². The predicted molar refractivity (Wildman–Crippen MR) is 122 cm³/mol. The van der Waals surface area contributed by atoms with Crippen molar-refractivity contribution in [2.45, 2.75) is 45.5 Å². The molecule has 4 amide bonds. The Morgan fingerprint density at radius 3 is 2.15 bits per heavy atom. The number of carboxylic acid groups (broad SMARTS) is 1. The number of ether oxygens (including phenoxy) is 1. The van der Waals surface area contributed by atoms with Crippen molar-refractivity contribution in [3.8, 4) is 0 Å².